The van der Waals surface area contributed by atoms with Crippen LogP contribution in [0.2, 0.25) is 10.0 Å². The van der Waals surface area contributed by atoms with Gasteiger partial charge in [0.05, 0.1) is 10.0 Å². The minimum absolute atomic E-state index is 0.218. The molecule has 0 fully saturated rings. The highest BCUT2D eigenvalue weighted by molar-refractivity contribution is 9.10. The summed E-state index contributed by atoms with van der Waals surface area (Å²) in [4.78, 5) is 0. The van der Waals surface area contributed by atoms with Crippen LogP contribution in [0, 0.1) is 0 Å². The summed E-state index contributed by atoms with van der Waals surface area (Å²) in [5.41, 5.74) is 1.99. The van der Waals surface area contributed by atoms with Gasteiger partial charge in [-0.15, -0.1) is 0 Å². The first kappa shape index (κ1) is 13.9. The lowest BCUT2D eigenvalue weighted by atomic mass is 10.2. The lowest BCUT2D eigenvalue weighted by Gasteiger charge is -2.09. The Kier molecular flexibility index (Phi) is 3.96. The number of hydrogen-bond donors (Lipinski definition) is 1. The fraction of sp³-hybridized carbons (Fsp3) is 0.143. The van der Waals surface area contributed by atoms with Gasteiger partial charge in [-0.3, -0.25) is 0 Å². The van der Waals surface area contributed by atoms with Crippen molar-refractivity contribution < 1.29 is 9.47 Å². The summed E-state index contributed by atoms with van der Waals surface area (Å²) >= 11 is 15.5. The van der Waals surface area contributed by atoms with E-state index in [9.17, 15) is 0 Å². The largest absolute Gasteiger partial charge is 0.454 e. The summed E-state index contributed by atoms with van der Waals surface area (Å²) in [6, 6.07) is 9.47. The van der Waals surface area contributed by atoms with Crippen LogP contribution in [0.5, 0.6) is 11.5 Å². The summed E-state index contributed by atoms with van der Waals surface area (Å²) in [5, 5.41) is 4.55. The van der Waals surface area contributed by atoms with Crippen molar-refractivity contribution >= 4 is 44.8 Å². The number of rotatable bonds is 3. The van der Waals surface area contributed by atoms with Gasteiger partial charge in [0.25, 0.3) is 0 Å². The van der Waals surface area contributed by atoms with Gasteiger partial charge in [-0.25, -0.2) is 0 Å². The number of halogens is 3. The standard InChI is InChI=1S/C14H10BrCl2NO2/c15-10-5-9(1-2-11(10)16)18-6-8-3-12(17)14-13(4-8)19-7-20-14/h1-5,18H,6-7H2. The molecule has 0 saturated heterocycles. The highest BCUT2D eigenvalue weighted by atomic mass is 79.9. The van der Waals surface area contributed by atoms with Crippen molar-refractivity contribution in [1.29, 1.82) is 0 Å². The van der Waals surface area contributed by atoms with Crippen LogP contribution in [-0.2, 0) is 6.54 Å². The summed E-state index contributed by atoms with van der Waals surface area (Å²) in [7, 11) is 0. The van der Waals surface area contributed by atoms with E-state index in [2.05, 4.69) is 21.2 Å². The van der Waals surface area contributed by atoms with Crippen molar-refractivity contribution in [2.24, 2.45) is 0 Å². The molecule has 0 aliphatic carbocycles. The molecule has 3 rings (SSSR count). The van der Waals surface area contributed by atoms with Crippen LogP contribution in [0.25, 0.3) is 0 Å². The minimum Gasteiger partial charge on any atom is -0.454 e. The van der Waals surface area contributed by atoms with Crippen LogP contribution < -0.4 is 14.8 Å². The molecule has 0 spiro atoms. The van der Waals surface area contributed by atoms with E-state index in [1.165, 1.54) is 0 Å². The fourth-order valence-electron chi connectivity index (χ4n) is 1.93. The van der Waals surface area contributed by atoms with Crippen LogP contribution >= 0.6 is 39.1 Å². The van der Waals surface area contributed by atoms with E-state index in [0.29, 0.717) is 28.1 Å². The molecule has 6 heteroatoms. The molecule has 0 amide bonds. The third-order valence-electron chi connectivity index (χ3n) is 2.90. The Balaban J connectivity index is 1.75. The summed E-state index contributed by atoms with van der Waals surface area (Å²) in [5.74, 6) is 1.30. The highest BCUT2D eigenvalue weighted by Gasteiger charge is 2.18. The predicted octanol–water partition coefficient (Wildman–Crippen LogP) is 5.10. The summed E-state index contributed by atoms with van der Waals surface area (Å²) in [6.07, 6.45) is 0. The molecule has 1 aliphatic rings. The minimum atomic E-state index is 0.218. The summed E-state index contributed by atoms with van der Waals surface area (Å²) in [6.45, 7) is 0.848. The van der Waals surface area contributed by atoms with Gasteiger partial charge >= 0.3 is 0 Å². The molecule has 3 nitrogen and oxygen atoms in total. The average molecular weight is 375 g/mol. The molecule has 0 bridgehead atoms. The van der Waals surface area contributed by atoms with Gasteiger partial charge in [0.1, 0.15) is 0 Å². The third-order valence-corrected chi connectivity index (χ3v) is 4.40. The van der Waals surface area contributed by atoms with Gasteiger partial charge in [0.15, 0.2) is 11.5 Å². The number of anilines is 1. The second-order valence-corrected chi connectivity index (χ2v) is 5.96. The van der Waals surface area contributed by atoms with E-state index >= 15 is 0 Å². The molecule has 2 aromatic carbocycles. The second kappa shape index (κ2) is 5.72. The van der Waals surface area contributed by atoms with E-state index < -0.39 is 0 Å². The molecule has 0 unspecified atom stereocenters. The maximum atomic E-state index is 6.14. The first-order chi connectivity index (χ1) is 9.63. The van der Waals surface area contributed by atoms with Gasteiger partial charge < -0.3 is 14.8 Å². The number of benzene rings is 2. The lowest BCUT2D eigenvalue weighted by Crippen LogP contribution is -1.99. The molecule has 2 aromatic rings. The predicted molar refractivity (Wildman–Crippen MR) is 84.1 cm³/mol. The molecule has 20 heavy (non-hydrogen) atoms. The van der Waals surface area contributed by atoms with E-state index in [-0.39, 0.29) is 6.79 Å². The van der Waals surface area contributed by atoms with Crippen LogP contribution in [0.3, 0.4) is 0 Å². The molecule has 0 radical (unpaired) electrons. The van der Waals surface area contributed by atoms with Crippen molar-refractivity contribution in [3.63, 3.8) is 0 Å². The van der Waals surface area contributed by atoms with Crippen LogP contribution in [0.4, 0.5) is 5.69 Å². The molecule has 1 N–H and O–H groups in total. The van der Waals surface area contributed by atoms with E-state index in [1.807, 2.05) is 30.3 Å². The Morgan fingerprint density at radius 1 is 1.10 bits per heavy atom. The molecule has 0 saturated carbocycles. The van der Waals surface area contributed by atoms with Crippen molar-refractivity contribution in [3.05, 3.63) is 50.4 Å². The van der Waals surface area contributed by atoms with Crippen molar-refractivity contribution in [2.75, 3.05) is 12.1 Å². The average Bonchev–Trinajstić information content (AvgIpc) is 2.89. The molecule has 0 atom stereocenters. The third kappa shape index (κ3) is 2.82. The zero-order valence-electron chi connectivity index (χ0n) is 10.3. The summed E-state index contributed by atoms with van der Waals surface area (Å²) < 4.78 is 11.5. The Hall–Kier alpha value is -1.10. The molecule has 104 valence electrons. The first-order valence-electron chi connectivity index (χ1n) is 5.90. The molecule has 1 aliphatic heterocycles. The van der Waals surface area contributed by atoms with Gasteiger partial charge in [-0.2, -0.15) is 0 Å². The van der Waals surface area contributed by atoms with Gasteiger partial charge in [-0.05, 0) is 51.8 Å². The van der Waals surface area contributed by atoms with Crippen LogP contribution in [0.15, 0.2) is 34.8 Å². The van der Waals surface area contributed by atoms with E-state index in [0.717, 1.165) is 15.7 Å². The normalized spacial score (nSPS) is 12.6. The monoisotopic (exact) mass is 373 g/mol. The Bertz CT molecular complexity index is 664. The molecule has 1 heterocycles. The van der Waals surface area contributed by atoms with Crippen molar-refractivity contribution in [1.82, 2.24) is 0 Å². The quantitative estimate of drug-likeness (QED) is 0.810. The number of hydrogen-bond acceptors (Lipinski definition) is 3. The maximum Gasteiger partial charge on any atom is 0.231 e. The Morgan fingerprint density at radius 3 is 2.75 bits per heavy atom. The van der Waals surface area contributed by atoms with Crippen molar-refractivity contribution in [2.45, 2.75) is 6.54 Å². The SMILES string of the molecule is Clc1ccc(NCc2cc(Cl)c3c(c2)OCO3)cc1Br. The second-order valence-electron chi connectivity index (χ2n) is 4.29. The fourth-order valence-corrected chi connectivity index (χ4v) is 2.72. The molecule has 0 aromatic heterocycles. The molecular formula is C14H10BrCl2NO2. The lowest BCUT2D eigenvalue weighted by molar-refractivity contribution is 0.174. The van der Waals surface area contributed by atoms with Gasteiger partial charge in [-0.1, -0.05) is 23.2 Å². The first-order valence-corrected chi connectivity index (χ1v) is 7.45. The van der Waals surface area contributed by atoms with E-state index in [4.69, 9.17) is 32.7 Å². The Morgan fingerprint density at radius 2 is 1.95 bits per heavy atom. The topological polar surface area (TPSA) is 30.5 Å². The van der Waals surface area contributed by atoms with Gasteiger partial charge in [0.2, 0.25) is 6.79 Å². The Labute approximate surface area is 134 Å². The van der Waals surface area contributed by atoms with E-state index in [1.54, 1.807) is 0 Å². The molecular weight excluding hydrogens is 365 g/mol. The van der Waals surface area contributed by atoms with Crippen LogP contribution in [-0.4, -0.2) is 6.79 Å². The highest BCUT2D eigenvalue weighted by Crippen LogP contribution is 2.40. The maximum absolute atomic E-state index is 6.14. The van der Waals surface area contributed by atoms with Gasteiger partial charge in [0, 0.05) is 16.7 Å². The zero-order valence-corrected chi connectivity index (χ0v) is 13.3. The van der Waals surface area contributed by atoms with Crippen LogP contribution in [0.1, 0.15) is 5.56 Å². The number of nitrogens with one attached hydrogen (secondary N) is 1. The zero-order chi connectivity index (χ0) is 14.1. The smallest absolute Gasteiger partial charge is 0.231 e. The number of ether oxygens (including phenoxy) is 2. The van der Waals surface area contributed by atoms with Crippen molar-refractivity contribution in [3.8, 4) is 11.5 Å². The number of fused-ring (bicyclic) bond motifs is 1.